The topological polar surface area (TPSA) is 77.8 Å². The predicted octanol–water partition coefficient (Wildman–Crippen LogP) is 1.36. The van der Waals surface area contributed by atoms with Gasteiger partial charge in [0.15, 0.2) is 11.5 Å². The minimum atomic E-state index is -0.535. The summed E-state index contributed by atoms with van der Waals surface area (Å²) in [5.41, 5.74) is 0. The fraction of sp³-hybridized carbons (Fsp3) is 0.375. The third-order valence-corrected chi connectivity index (χ3v) is 1.81. The Bertz CT molecular complexity index is 275. The van der Waals surface area contributed by atoms with Crippen molar-refractivity contribution >= 4 is 5.78 Å². The lowest BCUT2D eigenvalue weighted by Crippen LogP contribution is -2.15. The quantitative estimate of drug-likeness (QED) is 0.555. The summed E-state index contributed by atoms with van der Waals surface area (Å²) in [6.45, 7) is 1.37. The Labute approximate surface area is 69.5 Å². The summed E-state index contributed by atoms with van der Waals surface area (Å²) in [5.74, 6) is -1.98. The zero-order chi connectivity index (χ0) is 9.30. The first-order valence-electron chi connectivity index (χ1n) is 3.55. The number of hydrogen-bond acceptors (Lipinski definition) is 4. The molecule has 0 saturated carbocycles. The number of rotatable bonds is 1. The summed E-state index contributed by atoms with van der Waals surface area (Å²) in [4.78, 5) is 10.8. The van der Waals surface area contributed by atoms with Gasteiger partial charge in [0.05, 0.1) is 0 Å². The molecule has 4 nitrogen and oxygen atoms in total. The molecule has 0 radical (unpaired) electrons. The highest BCUT2D eigenvalue weighted by molar-refractivity contribution is 5.80. The zero-order valence-corrected chi connectivity index (χ0v) is 6.61. The Kier molecular flexibility index (Phi) is 2.08. The molecule has 0 saturated heterocycles. The van der Waals surface area contributed by atoms with E-state index in [0.29, 0.717) is 0 Å². The van der Waals surface area contributed by atoms with Gasteiger partial charge < -0.3 is 15.3 Å². The second-order valence-electron chi connectivity index (χ2n) is 2.77. The maximum absolute atomic E-state index is 10.8. The summed E-state index contributed by atoms with van der Waals surface area (Å²) < 4.78 is 0. The minimum Gasteiger partial charge on any atom is -0.508 e. The van der Waals surface area contributed by atoms with Crippen molar-refractivity contribution < 1.29 is 20.1 Å². The van der Waals surface area contributed by atoms with Crippen LogP contribution in [0, 0.1) is 5.92 Å². The highest BCUT2D eigenvalue weighted by Crippen LogP contribution is 2.24. The minimum absolute atomic E-state index is 0.0607. The SMILES string of the molecule is CC(=O)C1C=C(O)C(O)=C(O)C1. The number of carbonyl (C=O) groups excluding carboxylic acids is 1. The number of aliphatic hydroxyl groups is 3. The van der Waals surface area contributed by atoms with Crippen LogP contribution in [0.15, 0.2) is 23.4 Å². The van der Waals surface area contributed by atoms with Gasteiger partial charge >= 0.3 is 0 Å². The molecular formula is C8H10O4. The Hall–Kier alpha value is -1.45. The highest BCUT2D eigenvalue weighted by Gasteiger charge is 2.23. The molecule has 3 N–H and O–H groups in total. The highest BCUT2D eigenvalue weighted by atomic mass is 16.3. The van der Waals surface area contributed by atoms with Crippen LogP contribution < -0.4 is 0 Å². The Morgan fingerprint density at radius 2 is 2.08 bits per heavy atom. The average molecular weight is 170 g/mol. The number of carbonyl (C=O) groups is 1. The van der Waals surface area contributed by atoms with Crippen molar-refractivity contribution in [3.05, 3.63) is 23.4 Å². The van der Waals surface area contributed by atoms with E-state index in [2.05, 4.69) is 0 Å². The predicted molar refractivity (Wildman–Crippen MR) is 41.8 cm³/mol. The van der Waals surface area contributed by atoms with Crippen LogP contribution in [0.2, 0.25) is 0 Å². The van der Waals surface area contributed by atoms with Gasteiger partial charge in [0, 0.05) is 12.3 Å². The van der Waals surface area contributed by atoms with Gasteiger partial charge in [-0.25, -0.2) is 0 Å². The Morgan fingerprint density at radius 1 is 1.50 bits per heavy atom. The van der Waals surface area contributed by atoms with Gasteiger partial charge in [-0.1, -0.05) is 0 Å². The van der Waals surface area contributed by atoms with E-state index in [1.165, 1.54) is 13.0 Å². The van der Waals surface area contributed by atoms with Crippen molar-refractivity contribution in [2.24, 2.45) is 5.92 Å². The Balaban J connectivity index is 2.91. The molecule has 0 spiro atoms. The van der Waals surface area contributed by atoms with E-state index >= 15 is 0 Å². The molecular weight excluding hydrogens is 160 g/mol. The van der Waals surface area contributed by atoms with Gasteiger partial charge in [-0.15, -0.1) is 0 Å². The monoisotopic (exact) mass is 170 g/mol. The number of Topliss-reactive ketones (excluding diaryl/α,β-unsaturated/α-hetero) is 1. The van der Waals surface area contributed by atoms with E-state index < -0.39 is 17.4 Å². The van der Waals surface area contributed by atoms with Crippen molar-refractivity contribution in [1.29, 1.82) is 0 Å². The first-order valence-corrected chi connectivity index (χ1v) is 3.55. The summed E-state index contributed by atoms with van der Waals surface area (Å²) in [7, 11) is 0. The number of hydrogen-bond donors (Lipinski definition) is 3. The molecule has 0 bridgehead atoms. The van der Waals surface area contributed by atoms with E-state index in [0.717, 1.165) is 0 Å². The van der Waals surface area contributed by atoms with Crippen molar-refractivity contribution in [3.8, 4) is 0 Å². The lowest BCUT2D eigenvalue weighted by atomic mass is 9.94. The van der Waals surface area contributed by atoms with Crippen molar-refractivity contribution in [2.75, 3.05) is 0 Å². The van der Waals surface area contributed by atoms with Crippen LogP contribution in [0.4, 0.5) is 0 Å². The Morgan fingerprint density at radius 3 is 2.50 bits per heavy atom. The van der Waals surface area contributed by atoms with Gasteiger partial charge in [0.25, 0.3) is 0 Å². The molecule has 1 aliphatic carbocycles. The number of ketones is 1. The molecule has 1 atom stereocenters. The van der Waals surface area contributed by atoms with Gasteiger partial charge in [-0.2, -0.15) is 0 Å². The number of allylic oxidation sites excluding steroid dienone is 2. The third kappa shape index (κ3) is 1.42. The van der Waals surface area contributed by atoms with Crippen LogP contribution >= 0.6 is 0 Å². The van der Waals surface area contributed by atoms with Crippen molar-refractivity contribution in [1.82, 2.24) is 0 Å². The van der Waals surface area contributed by atoms with Crippen LogP contribution in [-0.4, -0.2) is 21.1 Å². The van der Waals surface area contributed by atoms with E-state index in [4.69, 9.17) is 15.3 Å². The van der Waals surface area contributed by atoms with Gasteiger partial charge in [-0.05, 0) is 13.0 Å². The van der Waals surface area contributed by atoms with Gasteiger partial charge in [-0.3, -0.25) is 4.79 Å². The zero-order valence-electron chi connectivity index (χ0n) is 6.61. The van der Waals surface area contributed by atoms with Crippen LogP contribution in [0.3, 0.4) is 0 Å². The lowest BCUT2D eigenvalue weighted by molar-refractivity contribution is -0.119. The molecule has 12 heavy (non-hydrogen) atoms. The van der Waals surface area contributed by atoms with Crippen molar-refractivity contribution in [2.45, 2.75) is 13.3 Å². The fourth-order valence-corrected chi connectivity index (χ4v) is 1.04. The van der Waals surface area contributed by atoms with E-state index in [1.807, 2.05) is 0 Å². The second-order valence-corrected chi connectivity index (χ2v) is 2.77. The molecule has 0 aromatic rings. The summed E-state index contributed by atoms with van der Waals surface area (Å²) in [6, 6.07) is 0. The maximum atomic E-state index is 10.8. The summed E-state index contributed by atoms with van der Waals surface area (Å²) in [6.07, 6.45) is 1.29. The first kappa shape index (κ1) is 8.64. The van der Waals surface area contributed by atoms with Crippen LogP contribution in [0.1, 0.15) is 13.3 Å². The molecule has 0 aromatic heterocycles. The standard InChI is InChI=1S/C8H10O4/c1-4(9)5-2-6(10)8(12)7(11)3-5/h2,5,10-12H,3H2,1H3. The van der Waals surface area contributed by atoms with Crippen LogP contribution in [0.5, 0.6) is 0 Å². The van der Waals surface area contributed by atoms with Crippen molar-refractivity contribution in [3.63, 3.8) is 0 Å². The van der Waals surface area contributed by atoms with Gasteiger partial charge in [0.1, 0.15) is 11.5 Å². The van der Waals surface area contributed by atoms with E-state index in [9.17, 15) is 4.79 Å². The molecule has 1 unspecified atom stereocenters. The molecule has 4 heteroatoms. The molecule has 0 fully saturated rings. The fourth-order valence-electron chi connectivity index (χ4n) is 1.04. The molecule has 1 aliphatic rings. The molecule has 0 aromatic carbocycles. The van der Waals surface area contributed by atoms with Crippen LogP contribution in [-0.2, 0) is 4.79 Å². The molecule has 0 amide bonds. The number of aliphatic hydroxyl groups excluding tert-OH is 3. The molecule has 1 rings (SSSR count). The normalized spacial score (nSPS) is 23.8. The third-order valence-electron chi connectivity index (χ3n) is 1.81. The molecule has 0 aliphatic heterocycles. The second kappa shape index (κ2) is 2.89. The summed E-state index contributed by atoms with van der Waals surface area (Å²) >= 11 is 0. The van der Waals surface area contributed by atoms with E-state index in [-0.39, 0.29) is 18.0 Å². The lowest BCUT2D eigenvalue weighted by Gasteiger charge is -2.15. The first-order chi connectivity index (χ1) is 5.52. The van der Waals surface area contributed by atoms with E-state index in [1.54, 1.807) is 0 Å². The largest absolute Gasteiger partial charge is 0.508 e. The molecule has 0 heterocycles. The average Bonchev–Trinajstić information content (AvgIpc) is 1.99. The van der Waals surface area contributed by atoms with Gasteiger partial charge in [0.2, 0.25) is 0 Å². The summed E-state index contributed by atoms with van der Waals surface area (Å²) in [5, 5.41) is 27.0. The molecule has 66 valence electrons. The smallest absolute Gasteiger partial charge is 0.195 e. The van der Waals surface area contributed by atoms with Crippen LogP contribution in [0.25, 0.3) is 0 Å². The maximum Gasteiger partial charge on any atom is 0.195 e.